The molecule has 0 unspecified atom stereocenters. The predicted octanol–water partition coefficient (Wildman–Crippen LogP) is 3.35. The second-order valence-electron chi connectivity index (χ2n) is 5.18. The number of carbonyl (C=O) groups is 1. The second-order valence-corrected chi connectivity index (χ2v) is 5.18. The first-order valence-corrected chi connectivity index (χ1v) is 6.81. The molecule has 0 aliphatic carbocycles. The summed E-state index contributed by atoms with van der Waals surface area (Å²) in [7, 11) is 2.01. The van der Waals surface area contributed by atoms with Gasteiger partial charge in [0.2, 0.25) is 5.91 Å². The standard InChI is InChI=1S/C16H20FN3O/c1-10-7-13(11(2)20(10)4)9-18-16-8-14(19-12(3)21)5-6-15(16)17/h5-8,18H,9H2,1-4H3,(H,19,21). The number of carbonyl (C=O) groups excluding carboxylic acids is 1. The average molecular weight is 289 g/mol. The first-order valence-electron chi connectivity index (χ1n) is 6.81. The van der Waals surface area contributed by atoms with Crippen LogP contribution in [0.15, 0.2) is 24.3 Å². The largest absolute Gasteiger partial charge is 0.378 e. The minimum atomic E-state index is -0.339. The normalized spacial score (nSPS) is 10.5. The van der Waals surface area contributed by atoms with E-state index in [9.17, 15) is 9.18 Å². The molecule has 1 aromatic heterocycles. The maximum Gasteiger partial charge on any atom is 0.221 e. The van der Waals surface area contributed by atoms with E-state index in [0.29, 0.717) is 17.9 Å². The number of halogens is 1. The predicted molar refractivity (Wildman–Crippen MR) is 82.9 cm³/mol. The van der Waals surface area contributed by atoms with Gasteiger partial charge in [-0.15, -0.1) is 0 Å². The Hall–Kier alpha value is -2.30. The molecule has 0 saturated carbocycles. The van der Waals surface area contributed by atoms with Crippen molar-refractivity contribution in [1.29, 1.82) is 0 Å². The van der Waals surface area contributed by atoms with Crippen LogP contribution < -0.4 is 10.6 Å². The summed E-state index contributed by atoms with van der Waals surface area (Å²) in [4.78, 5) is 11.0. The molecular weight excluding hydrogens is 269 g/mol. The molecule has 0 saturated heterocycles. The molecule has 0 aliphatic heterocycles. The quantitative estimate of drug-likeness (QED) is 0.906. The molecule has 2 N–H and O–H groups in total. The van der Waals surface area contributed by atoms with Gasteiger partial charge in [0.05, 0.1) is 5.69 Å². The molecule has 1 amide bonds. The second kappa shape index (κ2) is 5.99. The molecular formula is C16H20FN3O. The third kappa shape index (κ3) is 3.42. The van der Waals surface area contributed by atoms with Crippen LogP contribution in [-0.2, 0) is 18.4 Å². The number of nitrogens with zero attached hydrogens (tertiary/aromatic N) is 1. The number of aromatic nitrogens is 1. The van der Waals surface area contributed by atoms with Gasteiger partial charge in [-0.3, -0.25) is 4.79 Å². The fraction of sp³-hybridized carbons (Fsp3) is 0.312. The van der Waals surface area contributed by atoms with Crippen molar-refractivity contribution in [3.05, 3.63) is 47.0 Å². The van der Waals surface area contributed by atoms with Crippen LogP contribution in [0.1, 0.15) is 23.9 Å². The van der Waals surface area contributed by atoms with Crippen LogP contribution in [0, 0.1) is 19.7 Å². The fourth-order valence-electron chi connectivity index (χ4n) is 2.24. The summed E-state index contributed by atoms with van der Waals surface area (Å²) in [6, 6.07) is 6.57. The Morgan fingerprint density at radius 3 is 2.57 bits per heavy atom. The zero-order chi connectivity index (χ0) is 15.6. The van der Waals surface area contributed by atoms with Gasteiger partial charge in [0.15, 0.2) is 0 Å². The number of rotatable bonds is 4. The minimum Gasteiger partial charge on any atom is -0.378 e. The van der Waals surface area contributed by atoms with Gasteiger partial charge in [-0.2, -0.15) is 0 Å². The number of nitrogens with one attached hydrogen (secondary N) is 2. The van der Waals surface area contributed by atoms with Gasteiger partial charge in [0.1, 0.15) is 5.82 Å². The average Bonchev–Trinajstić information content (AvgIpc) is 2.66. The molecule has 0 aliphatic rings. The highest BCUT2D eigenvalue weighted by molar-refractivity contribution is 5.89. The molecule has 1 heterocycles. The Kier molecular flexibility index (Phi) is 4.31. The summed E-state index contributed by atoms with van der Waals surface area (Å²) in [6.45, 7) is 6.03. The van der Waals surface area contributed by atoms with Crippen molar-refractivity contribution >= 4 is 17.3 Å². The number of hydrogen-bond donors (Lipinski definition) is 2. The molecule has 1 aromatic carbocycles. The van der Waals surface area contributed by atoms with Crippen LogP contribution >= 0.6 is 0 Å². The SMILES string of the molecule is CC(=O)Nc1ccc(F)c(NCc2cc(C)n(C)c2C)c1. The molecule has 0 spiro atoms. The van der Waals surface area contributed by atoms with Gasteiger partial charge in [-0.05, 0) is 43.7 Å². The van der Waals surface area contributed by atoms with Crippen LogP contribution in [0.4, 0.5) is 15.8 Å². The van der Waals surface area contributed by atoms with E-state index < -0.39 is 0 Å². The first kappa shape index (κ1) is 15.1. The van der Waals surface area contributed by atoms with E-state index in [-0.39, 0.29) is 11.7 Å². The molecule has 21 heavy (non-hydrogen) atoms. The fourth-order valence-corrected chi connectivity index (χ4v) is 2.24. The lowest BCUT2D eigenvalue weighted by Crippen LogP contribution is -2.07. The number of amides is 1. The lowest BCUT2D eigenvalue weighted by atomic mass is 10.2. The van der Waals surface area contributed by atoms with Crippen molar-refractivity contribution in [2.75, 3.05) is 10.6 Å². The Bertz CT molecular complexity index is 676. The molecule has 4 nitrogen and oxygen atoms in total. The number of benzene rings is 1. The maximum atomic E-state index is 13.8. The van der Waals surface area contributed by atoms with Gasteiger partial charge >= 0.3 is 0 Å². The Morgan fingerprint density at radius 2 is 2.00 bits per heavy atom. The Balaban J connectivity index is 2.15. The third-order valence-electron chi connectivity index (χ3n) is 3.64. The van der Waals surface area contributed by atoms with Gasteiger partial charge in [-0.25, -0.2) is 4.39 Å². The molecule has 5 heteroatoms. The highest BCUT2D eigenvalue weighted by Crippen LogP contribution is 2.21. The van der Waals surface area contributed by atoms with Crippen LogP contribution in [0.25, 0.3) is 0 Å². The molecule has 0 fully saturated rings. The summed E-state index contributed by atoms with van der Waals surface area (Å²) < 4.78 is 15.9. The van der Waals surface area contributed by atoms with Gasteiger partial charge < -0.3 is 15.2 Å². The molecule has 2 aromatic rings. The van der Waals surface area contributed by atoms with E-state index >= 15 is 0 Å². The van der Waals surface area contributed by atoms with Crippen molar-refractivity contribution in [2.45, 2.75) is 27.3 Å². The molecule has 0 radical (unpaired) electrons. The lowest BCUT2D eigenvalue weighted by Gasteiger charge is -2.10. The van der Waals surface area contributed by atoms with E-state index in [0.717, 1.165) is 17.0 Å². The highest BCUT2D eigenvalue weighted by atomic mass is 19.1. The van der Waals surface area contributed by atoms with E-state index in [1.165, 1.54) is 13.0 Å². The van der Waals surface area contributed by atoms with Crippen LogP contribution in [0.5, 0.6) is 0 Å². The first-order chi connectivity index (χ1) is 9.88. The van der Waals surface area contributed by atoms with Crippen molar-refractivity contribution in [1.82, 2.24) is 4.57 Å². The van der Waals surface area contributed by atoms with Crippen LogP contribution in [0.2, 0.25) is 0 Å². The monoisotopic (exact) mass is 289 g/mol. The summed E-state index contributed by atoms with van der Waals surface area (Å²) >= 11 is 0. The Morgan fingerprint density at radius 1 is 1.29 bits per heavy atom. The molecule has 2 rings (SSSR count). The summed E-state index contributed by atoms with van der Waals surface area (Å²) in [5, 5.41) is 5.73. The number of aryl methyl sites for hydroxylation is 1. The van der Waals surface area contributed by atoms with Crippen molar-refractivity contribution < 1.29 is 9.18 Å². The Labute approximate surface area is 124 Å². The minimum absolute atomic E-state index is 0.179. The smallest absolute Gasteiger partial charge is 0.221 e. The van der Waals surface area contributed by atoms with Crippen LogP contribution in [0.3, 0.4) is 0 Å². The summed E-state index contributed by atoms with van der Waals surface area (Å²) in [5.74, 6) is -0.517. The van der Waals surface area contributed by atoms with E-state index in [2.05, 4.69) is 21.3 Å². The zero-order valence-corrected chi connectivity index (χ0v) is 12.7. The molecule has 0 bridgehead atoms. The van der Waals surface area contributed by atoms with Gasteiger partial charge in [0.25, 0.3) is 0 Å². The molecule has 112 valence electrons. The summed E-state index contributed by atoms with van der Waals surface area (Å²) in [5.41, 5.74) is 4.39. The van der Waals surface area contributed by atoms with Gasteiger partial charge in [0, 0.05) is 37.6 Å². The molecule has 0 atom stereocenters. The topological polar surface area (TPSA) is 46.1 Å². The highest BCUT2D eigenvalue weighted by Gasteiger charge is 2.08. The van der Waals surface area contributed by atoms with E-state index in [4.69, 9.17) is 0 Å². The maximum absolute atomic E-state index is 13.8. The summed E-state index contributed by atoms with van der Waals surface area (Å²) in [6.07, 6.45) is 0. The van der Waals surface area contributed by atoms with E-state index in [1.807, 2.05) is 20.9 Å². The number of anilines is 2. The lowest BCUT2D eigenvalue weighted by molar-refractivity contribution is -0.114. The third-order valence-corrected chi connectivity index (χ3v) is 3.64. The zero-order valence-electron chi connectivity index (χ0n) is 12.7. The van der Waals surface area contributed by atoms with Crippen molar-refractivity contribution in [2.24, 2.45) is 7.05 Å². The van der Waals surface area contributed by atoms with Crippen molar-refractivity contribution in [3.8, 4) is 0 Å². The van der Waals surface area contributed by atoms with E-state index in [1.54, 1.807) is 12.1 Å². The van der Waals surface area contributed by atoms with Gasteiger partial charge in [-0.1, -0.05) is 0 Å². The number of hydrogen-bond acceptors (Lipinski definition) is 2. The van der Waals surface area contributed by atoms with Crippen molar-refractivity contribution in [3.63, 3.8) is 0 Å². The van der Waals surface area contributed by atoms with Crippen LogP contribution in [-0.4, -0.2) is 10.5 Å².